The summed E-state index contributed by atoms with van der Waals surface area (Å²) in [5.41, 5.74) is 1.58. The third-order valence-corrected chi connectivity index (χ3v) is 5.95. The van der Waals surface area contributed by atoms with E-state index in [0.717, 1.165) is 10.6 Å². The van der Waals surface area contributed by atoms with Crippen LogP contribution < -0.4 is 15.1 Å². The molecule has 0 aliphatic carbocycles. The molecule has 9 heteroatoms. The number of fused-ring (bicyclic) bond motifs is 2. The Morgan fingerprint density at radius 2 is 1.57 bits per heavy atom. The first kappa shape index (κ1) is 22.6. The molecule has 5 nitrogen and oxygen atoms in total. The van der Waals surface area contributed by atoms with Gasteiger partial charge in [0.2, 0.25) is 0 Å². The Balaban J connectivity index is 2.05. The zero-order chi connectivity index (χ0) is 21.9. The van der Waals surface area contributed by atoms with Crippen LogP contribution in [-0.4, -0.2) is 54.6 Å². The summed E-state index contributed by atoms with van der Waals surface area (Å²) < 4.78 is 52.1. The fourth-order valence-corrected chi connectivity index (χ4v) is 4.31. The molecule has 0 saturated carbocycles. The number of hydrogen-bond donors (Lipinski definition) is 1. The Morgan fingerprint density at radius 3 is 2.13 bits per heavy atom. The molecule has 0 saturated heterocycles. The molecule has 1 aliphatic heterocycles. The molecular weight excluding hydrogens is 415 g/mol. The number of alkyl halides is 3. The lowest BCUT2D eigenvalue weighted by atomic mass is 10.1. The number of ether oxygens (including phenoxy) is 2. The molecule has 0 fully saturated rings. The maximum absolute atomic E-state index is 13.9. The van der Waals surface area contributed by atoms with E-state index in [1.54, 1.807) is 20.3 Å². The number of anilines is 4. The number of halogens is 3. The van der Waals surface area contributed by atoms with Crippen LogP contribution >= 0.6 is 11.8 Å². The second-order valence-corrected chi connectivity index (χ2v) is 8.22. The molecule has 0 bridgehead atoms. The van der Waals surface area contributed by atoms with Crippen molar-refractivity contribution in [1.82, 2.24) is 0 Å². The lowest BCUT2D eigenvalue weighted by molar-refractivity contribution is -0.137. The van der Waals surface area contributed by atoms with Crippen molar-refractivity contribution in [2.45, 2.75) is 16.0 Å². The average molecular weight is 442 g/mol. The van der Waals surface area contributed by atoms with Crippen LogP contribution in [0.1, 0.15) is 5.56 Å². The van der Waals surface area contributed by atoms with Crippen molar-refractivity contribution in [3.63, 3.8) is 0 Å². The highest BCUT2D eigenvalue weighted by Gasteiger charge is 2.37. The molecule has 164 valence electrons. The van der Waals surface area contributed by atoms with Crippen molar-refractivity contribution < 1.29 is 22.6 Å². The van der Waals surface area contributed by atoms with Gasteiger partial charge in [-0.1, -0.05) is 11.8 Å². The average Bonchev–Trinajstić information content (AvgIpc) is 2.70. The molecule has 3 rings (SSSR count). The molecule has 1 aliphatic rings. The summed E-state index contributed by atoms with van der Waals surface area (Å²) in [6, 6.07) is 8.69. The Hall–Kier alpha value is -2.10. The van der Waals surface area contributed by atoms with Crippen molar-refractivity contribution in [3.8, 4) is 0 Å². The topological polar surface area (TPSA) is 37.0 Å². The van der Waals surface area contributed by atoms with E-state index in [1.165, 1.54) is 17.8 Å². The lowest BCUT2D eigenvalue weighted by Crippen LogP contribution is -2.31. The highest BCUT2D eigenvalue weighted by atomic mass is 32.2. The van der Waals surface area contributed by atoms with Gasteiger partial charge in [-0.15, -0.1) is 0 Å². The van der Waals surface area contributed by atoms with Gasteiger partial charge in [-0.05, 0) is 30.3 Å². The second kappa shape index (κ2) is 9.36. The maximum atomic E-state index is 13.9. The molecule has 2 aromatic rings. The normalized spacial score (nSPS) is 12.8. The predicted octanol–water partition coefficient (Wildman–Crippen LogP) is 5.08. The van der Waals surface area contributed by atoms with E-state index in [9.17, 15) is 13.2 Å². The third kappa shape index (κ3) is 4.96. The Kier molecular flexibility index (Phi) is 7.05. The number of nitrogens with one attached hydrogen (secondary N) is 1. The molecule has 0 radical (unpaired) electrons. The minimum absolute atomic E-state index is 0.0970. The smallest absolute Gasteiger partial charge is 0.383 e. The minimum Gasteiger partial charge on any atom is -0.383 e. The lowest BCUT2D eigenvalue weighted by Gasteiger charge is -2.30. The standard InChI is InChI=1S/C21H26F3N3O2S/c1-26(2)14-5-6-17-18(12-14)30-19-13-15(27(7-9-28-3)8-10-29-4)11-16(20(19)25-17)21(22,23)24/h5-6,11-13,25H,7-10H2,1-4H3. The van der Waals surface area contributed by atoms with Gasteiger partial charge in [0.05, 0.1) is 30.2 Å². The van der Waals surface area contributed by atoms with E-state index in [-0.39, 0.29) is 5.69 Å². The van der Waals surface area contributed by atoms with Crippen LogP contribution in [0.25, 0.3) is 0 Å². The molecule has 0 unspecified atom stereocenters. The Bertz CT molecular complexity index is 883. The van der Waals surface area contributed by atoms with Crippen molar-refractivity contribution in [2.75, 3.05) is 69.7 Å². The van der Waals surface area contributed by atoms with E-state index in [1.807, 2.05) is 42.1 Å². The highest BCUT2D eigenvalue weighted by Crippen LogP contribution is 2.51. The number of hydrogen-bond acceptors (Lipinski definition) is 6. The molecule has 0 atom stereocenters. The number of benzene rings is 2. The zero-order valence-electron chi connectivity index (χ0n) is 17.5. The molecule has 30 heavy (non-hydrogen) atoms. The maximum Gasteiger partial charge on any atom is 0.418 e. The van der Waals surface area contributed by atoms with Crippen LogP contribution in [-0.2, 0) is 15.7 Å². The SMILES string of the molecule is COCCN(CCOC)c1cc2c(c(C(F)(F)F)c1)Nc1ccc(N(C)C)cc1S2. The molecule has 0 spiro atoms. The fraction of sp³-hybridized carbons (Fsp3) is 0.429. The van der Waals surface area contributed by atoms with E-state index in [4.69, 9.17) is 9.47 Å². The van der Waals surface area contributed by atoms with E-state index < -0.39 is 11.7 Å². The van der Waals surface area contributed by atoms with Gasteiger partial charge in [-0.25, -0.2) is 0 Å². The van der Waals surface area contributed by atoms with Gasteiger partial charge < -0.3 is 24.6 Å². The Labute approximate surface area is 179 Å². The first-order valence-electron chi connectivity index (χ1n) is 9.49. The van der Waals surface area contributed by atoms with Gasteiger partial charge in [0, 0.05) is 62.6 Å². The van der Waals surface area contributed by atoms with Gasteiger partial charge in [0.15, 0.2) is 0 Å². The summed E-state index contributed by atoms with van der Waals surface area (Å²) >= 11 is 1.35. The summed E-state index contributed by atoms with van der Waals surface area (Å²) in [7, 11) is 7.00. The summed E-state index contributed by atoms with van der Waals surface area (Å²) in [6.07, 6.45) is -4.48. The minimum atomic E-state index is -4.48. The summed E-state index contributed by atoms with van der Waals surface area (Å²) in [6.45, 7) is 1.75. The van der Waals surface area contributed by atoms with Gasteiger partial charge in [0.1, 0.15) is 0 Å². The van der Waals surface area contributed by atoms with Crippen molar-refractivity contribution in [1.29, 1.82) is 0 Å². The first-order chi connectivity index (χ1) is 14.2. The fourth-order valence-electron chi connectivity index (χ4n) is 3.22. The van der Waals surface area contributed by atoms with Crippen LogP contribution in [0.3, 0.4) is 0 Å². The second-order valence-electron chi connectivity index (χ2n) is 7.14. The van der Waals surface area contributed by atoms with Gasteiger partial charge in [-0.2, -0.15) is 13.2 Å². The van der Waals surface area contributed by atoms with Crippen molar-refractivity contribution >= 4 is 34.5 Å². The van der Waals surface area contributed by atoms with Gasteiger partial charge >= 0.3 is 6.18 Å². The van der Waals surface area contributed by atoms with Crippen molar-refractivity contribution in [2.24, 2.45) is 0 Å². The van der Waals surface area contributed by atoms with E-state index in [2.05, 4.69) is 5.32 Å². The van der Waals surface area contributed by atoms with Crippen molar-refractivity contribution in [3.05, 3.63) is 35.9 Å². The molecule has 0 aromatic heterocycles. The van der Waals surface area contributed by atoms with E-state index >= 15 is 0 Å². The Morgan fingerprint density at radius 1 is 0.933 bits per heavy atom. The first-order valence-corrected chi connectivity index (χ1v) is 10.3. The largest absolute Gasteiger partial charge is 0.418 e. The number of methoxy groups -OCH3 is 2. The van der Waals surface area contributed by atoms with Gasteiger partial charge in [0.25, 0.3) is 0 Å². The van der Waals surface area contributed by atoms with Gasteiger partial charge in [-0.3, -0.25) is 0 Å². The highest BCUT2D eigenvalue weighted by molar-refractivity contribution is 7.99. The molecular formula is C21H26F3N3O2S. The molecule has 2 aromatic carbocycles. The monoisotopic (exact) mass is 441 g/mol. The molecule has 1 N–H and O–H groups in total. The van der Waals surface area contributed by atoms with Crippen LogP contribution in [0.2, 0.25) is 0 Å². The third-order valence-electron chi connectivity index (χ3n) is 4.85. The molecule has 1 heterocycles. The molecule has 0 amide bonds. The summed E-state index contributed by atoms with van der Waals surface area (Å²) in [5, 5.41) is 3.01. The van der Waals surface area contributed by atoms with Crippen LogP contribution in [0.4, 0.5) is 35.9 Å². The predicted molar refractivity (Wildman–Crippen MR) is 116 cm³/mol. The summed E-state index contributed by atoms with van der Waals surface area (Å²) in [5.74, 6) is 0. The van der Waals surface area contributed by atoms with Crippen LogP contribution in [0.5, 0.6) is 0 Å². The van der Waals surface area contributed by atoms with E-state index in [0.29, 0.717) is 42.6 Å². The number of nitrogens with zero attached hydrogens (tertiary/aromatic N) is 2. The quantitative estimate of drug-likeness (QED) is 0.526. The number of rotatable bonds is 8. The van der Waals surface area contributed by atoms with Crippen LogP contribution in [0.15, 0.2) is 40.1 Å². The van der Waals surface area contributed by atoms with Crippen LogP contribution in [0, 0.1) is 0 Å². The zero-order valence-corrected chi connectivity index (χ0v) is 18.3. The summed E-state index contributed by atoms with van der Waals surface area (Å²) in [4.78, 5) is 5.25.